The van der Waals surface area contributed by atoms with E-state index in [0.717, 1.165) is 0 Å². The van der Waals surface area contributed by atoms with E-state index in [-0.39, 0.29) is 11.3 Å². The van der Waals surface area contributed by atoms with Gasteiger partial charge in [-0.05, 0) is 24.3 Å². The van der Waals surface area contributed by atoms with Gasteiger partial charge < -0.3 is 14.2 Å². The van der Waals surface area contributed by atoms with Gasteiger partial charge in [0.2, 0.25) is 0 Å². The molecule has 1 aromatic rings. The Morgan fingerprint density at radius 2 is 1.72 bits per heavy atom. The molecule has 0 N–H and O–H groups in total. The highest BCUT2D eigenvalue weighted by Crippen LogP contribution is 2.22. The van der Waals surface area contributed by atoms with Crippen molar-refractivity contribution in [3.8, 4) is 11.8 Å². The lowest BCUT2D eigenvalue weighted by atomic mass is 10.1. The van der Waals surface area contributed by atoms with Crippen LogP contribution in [0.15, 0.2) is 29.8 Å². The van der Waals surface area contributed by atoms with E-state index in [2.05, 4.69) is 4.74 Å². The van der Waals surface area contributed by atoms with Gasteiger partial charge in [0, 0.05) is 5.56 Å². The summed E-state index contributed by atoms with van der Waals surface area (Å²) in [6.45, 7) is 0. The summed E-state index contributed by atoms with van der Waals surface area (Å²) in [7, 11) is 4.15. The normalized spacial score (nSPS) is 11.0. The number of carbonyl (C=O) groups excluding carboxylic acids is 1. The molecule has 0 atom stereocenters. The molecule has 0 saturated heterocycles. The van der Waals surface area contributed by atoms with Crippen molar-refractivity contribution in [1.82, 2.24) is 0 Å². The molecule has 0 aliphatic heterocycles. The number of esters is 1. The molecule has 0 radical (unpaired) electrons. The Kier molecular flexibility index (Phi) is 4.76. The average molecular weight is 247 g/mol. The molecular weight excluding hydrogens is 234 g/mol. The third kappa shape index (κ3) is 2.80. The van der Waals surface area contributed by atoms with Crippen LogP contribution in [-0.2, 0) is 14.3 Å². The summed E-state index contributed by atoms with van der Waals surface area (Å²) in [6, 6.07) is 8.58. The molecule has 0 bridgehead atoms. The van der Waals surface area contributed by atoms with Crippen molar-refractivity contribution >= 4 is 11.7 Å². The molecule has 0 heterocycles. The van der Waals surface area contributed by atoms with E-state index >= 15 is 0 Å². The average Bonchev–Trinajstić information content (AvgIpc) is 2.44. The van der Waals surface area contributed by atoms with Crippen LogP contribution < -0.4 is 4.74 Å². The molecule has 5 heteroatoms. The van der Waals surface area contributed by atoms with Crippen LogP contribution in [0.5, 0.6) is 5.75 Å². The number of hydrogen-bond donors (Lipinski definition) is 0. The van der Waals surface area contributed by atoms with E-state index in [1.54, 1.807) is 37.4 Å². The summed E-state index contributed by atoms with van der Waals surface area (Å²) >= 11 is 0. The van der Waals surface area contributed by atoms with E-state index < -0.39 is 5.97 Å². The van der Waals surface area contributed by atoms with Crippen molar-refractivity contribution in [2.24, 2.45) is 0 Å². The lowest BCUT2D eigenvalue weighted by Gasteiger charge is -2.09. The Labute approximate surface area is 105 Å². The predicted octanol–water partition coefficient (Wildman–Crippen LogP) is 1.75. The minimum absolute atomic E-state index is 0.173. The molecule has 0 aliphatic carbocycles. The highest BCUT2D eigenvalue weighted by atomic mass is 16.5. The quantitative estimate of drug-likeness (QED) is 0.351. The molecule has 0 spiro atoms. The third-order valence-corrected chi connectivity index (χ3v) is 2.28. The number of hydrogen-bond acceptors (Lipinski definition) is 5. The maximum atomic E-state index is 11.4. The second kappa shape index (κ2) is 6.30. The molecule has 0 saturated carbocycles. The standard InChI is InChI=1S/C13H13NO4/c1-16-10-6-4-9(5-7-10)12(17-2)11(8-14)13(15)18-3/h4-7H,1-3H3/b12-11-. The van der Waals surface area contributed by atoms with Crippen LogP contribution in [0.25, 0.3) is 5.76 Å². The molecule has 5 nitrogen and oxygen atoms in total. The molecule has 0 fully saturated rings. The first-order valence-electron chi connectivity index (χ1n) is 5.09. The summed E-state index contributed by atoms with van der Waals surface area (Å²) in [5, 5.41) is 8.98. The van der Waals surface area contributed by atoms with Gasteiger partial charge in [0.05, 0.1) is 21.3 Å². The van der Waals surface area contributed by atoms with Crippen LogP contribution >= 0.6 is 0 Å². The molecule has 0 amide bonds. The number of ether oxygens (including phenoxy) is 3. The highest BCUT2D eigenvalue weighted by Gasteiger charge is 2.18. The Morgan fingerprint density at radius 1 is 1.11 bits per heavy atom. The monoisotopic (exact) mass is 247 g/mol. The first kappa shape index (κ1) is 13.6. The van der Waals surface area contributed by atoms with Gasteiger partial charge in [-0.3, -0.25) is 0 Å². The largest absolute Gasteiger partial charge is 0.497 e. The van der Waals surface area contributed by atoms with Crippen LogP contribution in [-0.4, -0.2) is 27.3 Å². The van der Waals surface area contributed by atoms with E-state index in [1.807, 2.05) is 0 Å². The molecule has 1 aromatic carbocycles. The summed E-state index contributed by atoms with van der Waals surface area (Å²) in [5.74, 6) is 0.114. The van der Waals surface area contributed by atoms with Crippen LogP contribution in [0.2, 0.25) is 0 Å². The maximum absolute atomic E-state index is 11.4. The van der Waals surface area contributed by atoms with Crippen molar-refractivity contribution in [3.05, 3.63) is 35.4 Å². The number of rotatable bonds is 4. The van der Waals surface area contributed by atoms with E-state index in [1.165, 1.54) is 14.2 Å². The zero-order chi connectivity index (χ0) is 13.5. The number of nitrogens with zero attached hydrogens (tertiary/aromatic N) is 1. The lowest BCUT2D eigenvalue weighted by Crippen LogP contribution is -2.07. The molecule has 0 aliphatic rings. The third-order valence-electron chi connectivity index (χ3n) is 2.28. The van der Waals surface area contributed by atoms with Gasteiger partial charge in [-0.1, -0.05) is 0 Å². The van der Waals surface area contributed by atoms with Gasteiger partial charge in [-0.25, -0.2) is 4.79 Å². The molecule has 0 aromatic heterocycles. The maximum Gasteiger partial charge on any atom is 0.352 e. The van der Waals surface area contributed by atoms with Gasteiger partial charge in [0.1, 0.15) is 11.8 Å². The Morgan fingerprint density at radius 3 is 2.11 bits per heavy atom. The van der Waals surface area contributed by atoms with Crippen molar-refractivity contribution < 1.29 is 19.0 Å². The van der Waals surface area contributed by atoms with E-state index in [0.29, 0.717) is 11.3 Å². The zero-order valence-electron chi connectivity index (χ0n) is 10.4. The summed E-state index contributed by atoms with van der Waals surface area (Å²) < 4.78 is 14.7. The second-order valence-electron chi connectivity index (χ2n) is 3.24. The van der Waals surface area contributed by atoms with Crippen molar-refractivity contribution in [3.63, 3.8) is 0 Å². The number of carbonyl (C=O) groups is 1. The van der Waals surface area contributed by atoms with E-state index in [4.69, 9.17) is 14.7 Å². The molecule has 94 valence electrons. The number of methoxy groups -OCH3 is 3. The summed E-state index contributed by atoms with van der Waals surface area (Å²) in [4.78, 5) is 11.4. The molecule has 0 unspecified atom stereocenters. The summed E-state index contributed by atoms with van der Waals surface area (Å²) in [5.41, 5.74) is 0.422. The van der Waals surface area contributed by atoms with Gasteiger partial charge >= 0.3 is 5.97 Å². The fourth-order valence-corrected chi connectivity index (χ4v) is 1.40. The lowest BCUT2D eigenvalue weighted by molar-refractivity contribution is -0.135. The smallest absolute Gasteiger partial charge is 0.352 e. The molecule has 18 heavy (non-hydrogen) atoms. The van der Waals surface area contributed by atoms with Crippen molar-refractivity contribution in [2.45, 2.75) is 0 Å². The second-order valence-corrected chi connectivity index (χ2v) is 3.24. The Bertz CT molecular complexity index is 497. The van der Waals surface area contributed by atoms with Gasteiger partial charge in [-0.2, -0.15) is 5.26 Å². The molecular formula is C13H13NO4. The van der Waals surface area contributed by atoms with Crippen molar-refractivity contribution in [1.29, 1.82) is 5.26 Å². The van der Waals surface area contributed by atoms with E-state index in [9.17, 15) is 4.79 Å². The Hall–Kier alpha value is -2.48. The Balaban J connectivity index is 3.26. The van der Waals surface area contributed by atoms with Crippen LogP contribution in [0, 0.1) is 11.3 Å². The topological polar surface area (TPSA) is 68.6 Å². The number of benzene rings is 1. The zero-order valence-corrected chi connectivity index (χ0v) is 10.4. The van der Waals surface area contributed by atoms with Gasteiger partial charge in [0.15, 0.2) is 11.3 Å². The van der Waals surface area contributed by atoms with Crippen molar-refractivity contribution in [2.75, 3.05) is 21.3 Å². The van der Waals surface area contributed by atoms with Crippen LogP contribution in [0.3, 0.4) is 0 Å². The van der Waals surface area contributed by atoms with Gasteiger partial charge in [0.25, 0.3) is 0 Å². The SMILES string of the molecule is COC(=O)/C(C#N)=C(\OC)c1ccc(OC)cc1. The molecule has 1 rings (SSSR count). The minimum atomic E-state index is -0.731. The first-order chi connectivity index (χ1) is 8.67. The minimum Gasteiger partial charge on any atom is -0.497 e. The fourth-order valence-electron chi connectivity index (χ4n) is 1.40. The predicted molar refractivity (Wildman–Crippen MR) is 64.6 cm³/mol. The van der Waals surface area contributed by atoms with Crippen LogP contribution in [0.1, 0.15) is 5.56 Å². The van der Waals surface area contributed by atoms with Gasteiger partial charge in [-0.15, -0.1) is 0 Å². The highest BCUT2D eigenvalue weighted by molar-refractivity contribution is 6.00. The number of nitriles is 1. The summed E-state index contributed by atoms with van der Waals surface area (Å²) in [6.07, 6.45) is 0. The van der Waals surface area contributed by atoms with Crippen LogP contribution in [0.4, 0.5) is 0 Å². The fraction of sp³-hybridized carbons (Fsp3) is 0.231. The first-order valence-corrected chi connectivity index (χ1v) is 5.09.